The minimum absolute atomic E-state index is 0.0247. The highest BCUT2D eigenvalue weighted by atomic mass is 16.6. The number of amides is 1. The predicted octanol–water partition coefficient (Wildman–Crippen LogP) is 2.78. The monoisotopic (exact) mass is 420 g/mol. The van der Waals surface area contributed by atoms with E-state index in [0.29, 0.717) is 36.4 Å². The van der Waals surface area contributed by atoms with Crippen LogP contribution in [-0.2, 0) is 4.79 Å². The molecule has 3 aromatic rings. The highest BCUT2D eigenvalue weighted by Gasteiger charge is 2.34. The van der Waals surface area contributed by atoms with Crippen LogP contribution in [0, 0.1) is 0 Å². The molecule has 8 nitrogen and oxygen atoms in total. The summed E-state index contributed by atoms with van der Waals surface area (Å²) in [5.41, 5.74) is 0.903. The standard InChI is InChI=1S/C23H24N4O4/c1-16(21-24-25-22(31-21)17-7-3-2-4-8-17)26-11-13-27(14-12-26)23(28)20-15-29-18-9-5-6-10-19(18)30-20/h2-10,16,20H,11-15H2,1H3/t16-,20+/m1/s1. The number of rotatable bonds is 4. The van der Waals surface area contributed by atoms with Crippen molar-refractivity contribution in [1.82, 2.24) is 20.0 Å². The van der Waals surface area contributed by atoms with Gasteiger partial charge in [-0.05, 0) is 31.2 Å². The van der Waals surface area contributed by atoms with Gasteiger partial charge in [-0.3, -0.25) is 9.69 Å². The molecule has 1 fully saturated rings. The molecular formula is C23H24N4O4. The average molecular weight is 420 g/mol. The number of piperazine rings is 1. The first-order chi connectivity index (χ1) is 15.2. The second-order valence-corrected chi connectivity index (χ2v) is 7.71. The molecule has 2 aromatic carbocycles. The van der Waals surface area contributed by atoms with E-state index in [1.54, 1.807) is 0 Å². The molecule has 160 valence electrons. The second kappa shape index (κ2) is 8.39. The molecule has 0 spiro atoms. The van der Waals surface area contributed by atoms with E-state index in [9.17, 15) is 4.79 Å². The highest BCUT2D eigenvalue weighted by Crippen LogP contribution is 2.31. The number of ether oxygens (including phenoxy) is 2. The van der Waals surface area contributed by atoms with Crippen molar-refractivity contribution in [2.45, 2.75) is 19.1 Å². The summed E-state index contributed by atoms with van der Waals surface area (Å²) in [6, 6.07) is 17.1. The van der Waals surface area contributed by atoms with E-state index >= 15 is 0 Å². The van der Waals surface area contributed by atoms with Crippen molar-refractivity contribution in [3.05, 3.63) is 60.5 Å². The number of carbonyl (C=O) groups excluding carboxylic acids is 1. The molecule has 5 rings (SSSR count). The first-order valence-corrected chi connectivity index (χ1v) is 10.5. The van der Waals surface area contributed by atoms with Crippen molar-refractivity contribution in [2.75, 3.05) is 32.8 Å². The van der Waals surface area contributed by atoms with Crippen molar-refractivity contribution in [2.24, 2.45) is 0 Å². The molecule has 2 atom stereocenters. The lowest BCUT2D eigenvalue weighted by Gasteiger charge is -2.38. The molecular weight excluding hydrogens is 396 g/mol. The van der Waals surface area contributed by atoms with Crippen LogP contribution in [0.2, 0.25) is 0 Å². The maximum Gasteiger partial charge on any atom is 0.267 e. The maximum atomic E-state index is 12.9. The number of benzene rings is 2. The van der Waals surface area contributed by atoms with Gasteiger partial charge in [0.1, 0.15) is 6.61 Å². The number of hydrogen-bond acceptors (Lipinski definition) is 7. The maximum absolute atomic E-state index is 12.9. The van der Waals surface area contributed by atoms with Crippen LogP contribution in [0.15, 0.2) is 59.0 Å². The summed E-state index contributed by atoms with van der Waals surface area (Å²) < 4.78 is 17.5. The SMILES string of the molecule is C[C@H](c1nnc(-c2ccccc2)o1)N1CCN(C(=O)[C@@H]2COc3ccccc3O2)CC1. The summed E-state index contributed by atoms with van der Waals surface area (Å²) in [6.45, 7) is 4.96. The summed E-state index contributed by atoms with van der Waals surface area (Å²) in [4.78, 5) is 17.0. The molecule has 0 unspecified atom stereocenters. The van der Waals surface area contributed by atoms with E-state index in [2.05, 4.69) is 22.0 Å². The molecule has 8 heteroatoms. The highest BCUT2D eigenvalue weighted by molar-refractivity contribution is 5.82. The van der Waals surface area contributed by atoms with E-state index in [1.165, 1.54) is 0 Å². The smallest absolute Gasteiger partial charge is 0.267 e. The van der Waals surface area contributed by atoms with Gasteiger partial charge in [0.25, 0.3) is 5.91 Å². The third-order valence-electron chi connectivity index (χ3n) is 5.78. The minimum atomic E-state index is -0.608. The van der Waals surface area contributed by atoms with Crippen molar-refractivity contribution in [1.29, 1.82) is 0 Å². The zero-order valence-electron chi connectivity index (χ0n) is 17.3. The molecule has 1 aromatic heterocycles. The number of hydrogen-bond donors (Lipinski definition) is 0. The van der Waals surface area contributed by atoms with Gasteiger partial charge >= 0.3 is 0 Å². The third-order valence-corrected chi connectivity index (χ3v) is 5.78. The van der Waals surface area contributed by atoms with E-state index in [1.807, 2.05) is 59.5 Å². The Labute approximate surface area is 180 Å². The normalized spacial score (nSPS) is 19.8. The molecule has 0 bridgehead atoms. The van der Waals surface area contributed by atoms with Gasteiger partial charge < -0.3 is 18.8 Å². The summed E-state index contributed by atoms with van der Waals surface area (Å²) in [5.74, 6) is 2.36. The fraction of sp³-hybridized carbons (Fsp3) is 0.348. The molecule has 2 aliphatic heterocycles. The number of aromatic nitrogens is 2. The van der Waals surface area contributed by atoms with Crippen molar-refractivity contribution >= 4 is 5.91 Å². The molecule has 0 radical (unpaired) electrons. The summed E-state index contributed by atoms with van der Waals surface area (Å²) >= 11 is 0. The van der Waals surface area contributed by atoms with E-state index in [4.69, 9.17) is 13.9 Å². The Morgan fingerprint density at radius 1 is 0.968 bits per heavy atom. The van der Waals surface area contributed by atoms with Gasteiger partial charge in [-0.1, -0.05) is 30.3 Å². The summed E-state index contributed by atoms with van der Waals surface area (Å²) in [5, 5.41) is 8.43. The third kappa shape index (κ3) is 3.98. The van der Waals surface area contributed by atoms with Crippen LogP contribution in [0.4, 0.5) is 0 Å². The van der Waals surface area contributed by atoms with Gasteiger partial charge in [-0.15, -0.1) is 10.2 Å². The summed E-state index contributed by atoms with van der Waals surface area (Å²) in [6.07, 6.45) is -0.608. The lowest BCUT2D eigenvalue weighted by molar-refractivity contribution is -0.143. The lowest BCUT2D eigenvalue weighted by atomic mass is 10.2. The molecule has 2 aliphatic rings. The minimum Gasteiger partial charge on any atom is -0.485 e. The van der Waals surface area contributed by atoms with Crippen LogP contribution in [0.1, 0.15) is 18.9 Å². The molecule has 31 heavy (non-hydrogen) atoms. The quantitative estimate of drug-likeness (QED) is 0.642. The average Bonchev–Trinajstić information content (AvgIpc) is 3.34. The van der Waals surface area contributed by atoms with E-state index in [0.717, 1.165) is 18.7 Å². The van der Waals surface area contributed by atoms with Crippen molar-refractivity contribution in [3.63, 3.8) is 0 Å². The van der Waals surface area contributed by atoms with Crippen molar-refractivity contribution < 1.29 is 18.7 Å². The first kappa shape index (κ1) is 19.6. The van der Waals surface area contributed by atoms with Gasteiger partial charge in [0.05, 0.1) is 6.04 Å². The molecule has 3 heterocycles. The Morgan fingerprint density at radius 2 is 1.68 bits per heavy atom. The predicted molar refractivity (Wildman–Crippen MR) is 113 cm³/mol. The number of fused-ring (bicyclic) bond motifs is 1. The molecule has 0 aliphatic carbocycles. The Bertz CT molecular complexity index is 1050. The van der Waals surface area contributed by atoms with Gasteiger partial charge in [0, 0.05) is 31.7 Å². The molecule has 1 saturated heterocycles. The van der Waals surface area contributed by atoms with Crippen LogP contribution in [0.5, 0.6) is 11.5 Å². The Morgan fingerprint density at radius 3 is 2.45 bits per heavy atom. The zero-order chi connectivity index (χ0) is 21.2. The number of para-hydroxylation sites is 2. The Hall–Kier alpha value is -3.39. The first-order valence-electron chi connectivity index (χ1n) is 10.5. The van der Waals surface area contributed by atoms with Gasteiger partial charge in [-0.25, -0.2) is 0 Å². The molecule has 1 amide bonds. The zero-order valence-corrected chi connectivity index (χ0v) is 17.3. The second-order valence-electron chi connectivity index (χ2n) is 7.71. The topological polar surface area (TPSA) is 80.9 Å². The fourth-order valence-electron chi connectivity index (χ4n) is 3.93. The van der Waals surface area contributed by atoms with Crippen LogP contribution in [0.25, 0.3) is 11.5 Å². The fourth-order valence-corrected chi connectivity index (χ4v) is 3.93. The number of nitrogens with zero attached hydrogens (tertiary/aromatic N) is 4. The lowest BCUT2D eigenvalue weighted by Crippen LogP contribution is -2.54. The van der Waals surface area contributed by atoms with Crippen LogP contribution in [0.3, 0.4) is 0 Å². The van der Waals surface area contributed by atoms with Crippen LogP contribution < -0.4 is 9.47 Å². The Balaban J connectivity index is 1.18. The molecule has 0 saturated carbocycles. The van der Waals surface area contributed by atoms with Gasteiger partial charge in [-0.2, -0.15) is 0 Å². The van der Waals surface area contributed by atoms with Gasteiger partial charge in [0.15, 0.2) is 11.5 Å². The molecule has 0 N–H and O–H groups in total. The van der Waals surface area contributed by atoms with E-state index in [-0.39, 0.29) is 18.6 Å². The number of carbonyl (C=O) groups is 1. The Kier molecular flexibility index (Phi) is 5.30. The largest absolute Gasteiger partial charge is 0.485 e. The van der Waals surface area contributed by atoms with Crippen LogP contribution in [-0.4, -0.2) is 64.8 Å². The van der Waals surface area contributed by atoms with E-state index < -0.39 is 6.10 Å². The van der Waals surface area contributed by atoms with Crippen molar-refractivity contribution in [3.8, 4) is 23.0 Å². The summed E-state index contributed by atoms with van der Waals surface area (Å²) in [7, 11) is 0. The van der Waals surface area contributed by atoms with Crippen LogP contribution >= 0.6 is 0 Å². The van der Waals surface area contributed by atoms with Gasteiger partial charge in [0.2, 0.25) is 17.9 Å².